The van der Waals surface area contributed by atoms with Crippen LogP contribution in [0, 0.1) is 0 Å². The summed E-state index contributed by atoms with van der Waals surface area (Å²) in [6.45, 7) is 0. The minimum absolute atomic E-state index is 0. The molecule has 32 valence electrons. The van der Waals surface area contributed by atoms with E-state index >= 15 is 0 Å². The summed E-state index contributed by atoms with van der Waals surface area (Å²) in [6, 6.07) is 0. The van der Waals surface area contributed by atoms with E-state index in [0.29, 0.717) is 0 Å². The molecular weight excluding hydrogens is 197 g/mol. The Morgan fingerprint density at radius 3 is 1.00 bits per heavy atom. The van der Waals surface area contributed by atoms with Crippen LogP contribution in [-0.4, -0.2) is 167 Å². The molecule has 0 bridgehead atoms. The molecule has 0 heterocycles. The summed E-state index contributed by atoms with van der Waals surface area (Å²) in [5.41, 5.74) is 0. The molecule has 0 spiro atoms. The van der Waals surface area contributed by atoms with E-state index in [-0.39, 0.29) is 154 Å². The van der Waals surface area contributed by atoms with Crippen LogP contribution < -0.4 is 0 Å². The standard InChI is InChI=1S/3K.H2O3S.3H/c;;;1-4(2)3;;;/h;;;4H,(H,1,2,3);;;. The molecule has 0 aliphatic rings. The molecule has 1 N–H and O–H groups in total. The molecule has 0 aromatic heterocycles. The first-order valence-corrected chi connectivity index (χ1v) is 1.70. The van der Waals surface area contributed by atoms with Crippen molar-refractivity contribution >= 4 is 165 Å². The van der Waals surface area contributed by atoms with Gasteiger partial charge in [0.05, 0.1) is 0 Å². The third-order valence-corrected chi connectivity index (χ3v) is 0. The first kappa shape index (κ1) is 22.6. The zero-order valence-electron chi connectivity index (χ0n) is 1.71. The third kappa shape index (κ3) is 36.2. The van der Waals surface area contributed by atoms with Gasteiger partial charge >= 0.3 is 154 Å². The van der Waals surface area contributed by atoms with Gasteiger partial charge in [-0.25, -0.2) is 8.42 Å². The fourth-order valence-electron chi connectivity index (χ4n) is 0. The van der Waals surface area contributed by atoms with Gasteiger partial charge in [0.2, 0.25) is 0 Å². The minimum atomic E-state index is -3.12. The molecule has 0 fully saturated rings. The molecule has 0 aromatic rings. The van der Waals surface area contributed by atoms with E-state index in [1.54, 1.807) is 0 Å². The number of rotatable bonds is 0. The average Bonchev–Trinajstić information content (AvgIpc) is 0.811. The molecule has 0 unspecified atom stereocenters. The van der Waals surface area contributed by atoms with Crippen molar-refractivity contribution in [1.82, 2.24) is 0 Å². The topological polar surface area (TPSA) is 54.4 Å². The second-order valence-corrected chi connectivity index (χ2v) is 0.714. The molecular formula is H5K3O3S. The molecule has 3 nitrogen and oxygen atoms in total. The van der Waals surface area contributed by atoms with Gasteiger partial charge in [0.1, 0.15) is 0 Å². The molecule has 0 aliphatic heterocycles. The Labute approximate surface area is 172 Å². The molecule has 7 heteroatoms. The van der Waals surface area contributed by atoms with Crippen LogP contribution in [0.4, 0.5) is 0 Å². The molecule has 0 aromatic carbocycles. The normalized spacial score (nSPS) is 4.86. The average molecular weight is 202 g/mol. The maximum atomic E-state index is 8.59. The molecule has 0 aliphatic carbocycles. The van der Waals surface area contributed by atoms with Crippen molar-refractivity contribution in [2.45, 2.75) is 0 Å². The zero-order valence-corrected chi connectivity index (χ0v) is 2.61. The molecule has 0 rings (SSSR count). The number of hydrogen-bond acceptors (Lipinski definition) is 2. The van der Waals surface area contributed by atoms with E-state index in [0.717, 1.165) is 0 Å². The molecule has 7 heavy (non-hydrogen) atoms. The predicted molar refractivity (Wildman–Crippen MR) is 34.4 cm³/mol. The number of thiol groups is 1. The Morgan fingerprint density at radius 1 is 1.00 bits per heavy atom. The van der Waals surface area contributed by atoms with Crippen LogP contribution in [0.25, 0.3) is 0 Å². The van der Waals surface area contributed by atoms with E-state index in [2.05, 4.69) is 0 Å². The van der Waals surface area contributed by atoms with E-state index in [1.165, 1.54) is 0 Å². The SMILES string of the molecule is O=[SH](=O)O.[KH].[KH].[KH]. The first-order chi connectivity index (χ1) is 1.73. The first-order valence-electron chi connectivity index (χ1n) is 0.565. The summed E-state index contributed by atoms with van der Waals surface area (Å²) in [7, 11) is -3.12. The van der Waals surface area contributed by atoms with E-state index < -0.39 is 11.0 Å². The van der Waals surface area contributed by atoms with Crippen molar-refractivity contribution in [3.8, 4) is 0 Å². The van der Waals surface area contributed by atoms with Gasteiger partial charge in [0, 0.05) is 0 Å². The molecule has 0 amide bonds. The Balaban J connectivity index is -0.0000000150. The summed E-state index contributed by atoms with van der Waals surface area (Å²) < 4.78 is 24.2. The van der Waals surface area contributed by atoms with Crippen molar-refractivity contribution in [1.29, 1.82) is 0 Å². The van der Waals surface area contributed by atoms with Crippen LogP contribution >= 0.6 is 0 Å². The van der Waals surface area contributed by atoms with E-state index in [9.17, 15) is 0 Å². The van der Waals surface area contributed by atoms with E-state index in [4.69, 9.17) is 13.0 Å². The molecule has 0 saturated carbocycles. The Morgan fingerprint density at radius 2 is 1.00 bits per heavy atom. The summed E-state index contributed by atoms with van der Waals surface area (Å²) in [5.74, 6) is 0. The van der Waals surface area contributed by atoms with Crippen molar-refractivity contribution in [2.75, 3.05) is 0 Å². The fraction of sp³-hybridized carbons (Fsp3) is 0. The molecule has 0 saturated heterocycles. The van der Waals surface area contributed by atoms with Crippen LogP contribution in [0.1, 0.15) is 0 Å². The number of hydrogen-bond donors (Lipinski definition) is 2. The van der Waals surface area contributed by atoms with Gasteiger partial charge in [-0.05, 0) is 0 Å². The summed E-state index contributed by atoms with van der Waals surface area (Å²) in [5, 5.41) is 0. The van der Waals surface area contributed by atoms with Gasteiger partial charge < -0.3 is 0 Å². The predicted octanol–water partition coefficient (Wildman–Crippen LogP) is -2.87. The summed E-state index contributed by atoms with van der Waals surface area (Å²) in [6.07, 6.45) is 0. The Hall–Kier alpha value is 4.82. The van der Waals surface area contributed by atoms with Gasteiger partial charge in [-0.15, -0.1) is 0 Å². The quantitative estimate of drug-likeness (QED) is 0.252. The summed E-state index contributed by atoms with van der Waals surface area (Å²) >= 11 is 0. The second-order valence-electron chi connectivity index (χ2n) is 0.238. The van der Waals surface area contributed by atoms with Crippen LogP contribution in [0.2, 0.25) is 0 Å². The van der Waals surface area contributed by atoms with Crippen molar-refractivity contribution in [3.05, 3.63) is 0 Å². The van der Waals surface area contributed by atoms with Crippen molar-refractivity contribution in [3.63, 3.8) is 0 Å². The second kappa shape index (κ2) is 17.1. The van der Waals surface area contributed by atoms with E-state index in [1.807, 2.05) is 0 Å². The van der Waals surface area contributed by atoms with Crippen LogP contribution in [0.5, 0.6) is 0 Å². The van der Waals surface area contributed by atoms with Crippen LogP contribution in [0.15, 0.2) is 0 Å². The molecule has 0 radical (unpaired) electrons. The maximum absolute atomic E-state index is 8.59. The monoisotopic (exact) mass is 202 g/mol. The zero-order chi connectivity index (χ0) is 3.58. The van der Waals surface area contributed by atoms with Crippen LogP contribution in [0.3, 0.4) is 0 Å². The van der Waals surface area contributed by atoms with Gasteiger partial charge in [-0.2, -0.15) is 0 Å². The van der Waals surface area contributed by atoms with Gasteiger partial charge in [-0.3, -0.25) is 4.55 Å². The van der Waals surface area contributed by atoms with Gasteiger partial charge in [-0.1, -0.05) is 0 Å². The summed E-state index contributed by atoms with van der Waals surface area (Å²) in [4.78, 5) is 0. The third-order valence-electron chi connectivity index (χ3n) is 0. The van der Waals surface area contributed by atoms with Crippen molar-refractivity contribution < 1.29 is 13.0 Å². The van der Waals surface area contributed by atoms with Crippen molar-refractivity contribution in [2.24, 2.45) is 0 Å². The molecule has 0 atom stereocenters. The van der Waals surface area contributed by atoms with Gasteiger partial charge in [0.15, 0.2) is 0 Å². The Kier molecular flexibility index (Phi) is 55.2. The fourth-order valence-corrected chi connectivity index (χ4v) is 0. The van der Waals surface area contributed by atoms with Gasteiger partial charge in [0.25, 0.3) is 11.0 Å². The Bertz CT molecular complexity index is 58.6. The van der Waals surface area contributed by atoms with Crippen LogP contribution in [-0.2, 0) is 11.0 Å².